The maximum Gasteiger partial charge on any atom is 0.349 e. The summed E-state index contributed by atoms with van der Waals surface area (Å²) in [6.07, 6.45) is 0. The molecule has 1 aromatic heterocycles. The number of rotatable bonds is 4. The quantitative estimate of drug-likeness (QED) is 0.399. The highest BCUT2D eigenvalue weighted by atomic mass is 79.9. The van der Waals surface area contributed by atoms with Gasteiger partial charge in [-0.2, -0.15) is 4.98 Å². The zero-order valence-electron chi connectivity index (χ0n) is 16.3. The summed E-state index contributed by atoms with van der Waals surface area (Å²) in [6, 6.07) is 16.4. The molecule has 0 aliphatic heterocycles. The fraction of sp³-hybridized carbons (Fsp3) is 0.0870. The van der Waals surface area contributed by atoms with Crippen molar-refractivity contribution in [1.82, 2.24) is 9.55 Å². The number of nitrogens with one attached hydrogen (secondary N) is 1. The molecule has 0 bridgehead atoms. The highest BCUT2D eigenvalue weighted by Crippen LogP contribution is 2.29. The lowest BCUT2D eigenvalue weighted by molar-refractivity contribution is -0.116. The summed E-state index contributed by atoms with van der Waals surface area (Å²) in [5, 5.41) is 3.67. The molecule has 0 radical (unpaired) electrons. The van der Waals surface area contributed by atoms with Gasteiger partial charge >= 0.3 is 5.69 Å². The average Bonchev–Trinajstić information content (AvgIpc) is 2.72. The number of carbonyl (C=O) groups excluding carboxylic acids is 1. The molecule has 3 aromatic carbocycles. The van der Waals surface area contributed by atoms with Crippen molar-refractivity contribution >= 4 is 50.0 Å². The molecular formula is C23H16BrClFN3O2. The number of amides is 1. The Morgan fingerprint density at radius 1 is 1.16 bits per heavy atom. The second kappa shape index (κ2) is 8.61. The third-order valence-corrected chi connectivity index (χ3v) is 5.66. The van der Waals surface area contributed by atoms with Crippen LogP contribution in [0.5, 0.6) is 0 Å². The zero-order chi connectivity index (χ0) is 22.1. The second-order valence-corrected chi connectivity index (χ2v) is 8.29. The van der Waals surface area contributed by atoms with E-state index in [4.69, 9.17) is 11.6 Å². The van der Waals surface area contributed by atoms with Crippen LogP contribution >= 0.6 is 27.5 Å². The number of carbonyl (C=O) groups is 1. The molecule has 0 spiro atoms. The molecule has 1 heterocycles. The largest absolute Gasteiger partial charge is 0.349 e. The molecule has 8 heteroatoms. The van der Waals surface area contributed by atoms with Crippen LogP contribution < -0.4 is 11.0 Å². The van der Waals surface area contributed by atoms with Gasteiger partial charge in [0.2, 0.25) is 5.91 Å². The number of hydrogen-bond donors (Lipinski definition) is 1. The molecule has 31 heavy (non-hydrogen) atoms. The van der Waals surface area contributed by atoms with Gasteiger partial charge in [-0.1, -0.05) is 29.8 Å². The van der Waals surface area contributed by atoms with Crippen LogP contribution in [-0.4, -0.2) is 15.5 Å². The molecule has 0 unspecified atom stereocenters. The van der Waals surface area contributed by atoms with Crippen LogP contribution in [-0.2, 0) is 11.3 Å². The summed E-state index contributed by atoms with van der Waals surface area (Å²) < 4.78 is 16.4. The monoisotopic (exact) mass is 499 g/mol. The van der Waals surface area contributed by atoms with Crippen molar-refractivity contribution < 1.29 is 9.18 Å². The van der Waals surface area contributed by atoms with Gasteiger partial charge in [0.15, 0.2) is 0 Å². The van der Waals surface area contributed by atoms with Crippen molar-refractivity contribution in [2.45, 2.75) is 13.5 Å². The van der Waals surface area contributed by atoms with Gasteiger partial charge in [-0.3, -0.25) is 9.36 Å². The SMILES string of the molecule is Cc1ccc(NC(=O)Cn2c(=O)nc(-c3ccccc3F)c3cc(Cl)ccc32)c(Br)c1. The van der Waals surface area contributed by atoms with Crippen molar-refractivity contribution in [3.05, 3.63) is 92.0 Å². The highest BCUT2D eigenvalue weighted by Gasteiger charge is 2.17. The lowest BCUT2D eigenvalue weighted by Crippen LogP contribution is -2.30. The number of nitrogens with zero attached hydrogens (tertiary/aromatic N) is 2. The average molecular weight is 501 g/mol. The smallest absolute Gasteiger partial charge is 0.324 e. The Bertz CT molecular complexity index is 1390. The number of aromatic nitrogens is 2. The minimum atomic E-state index is -0.661. The first-order valence-electron chi connectivity index (χ1n) is 9.34. The molecule has 0 atom stereocenters. The van der Waals surface area contributed by atoms with Crippen molar-refractivity contribution in [1.29, 1.82) is 0 Å². The number of anilines is 1. The maximum atomic E-state index is 14.4. The lowest BCUT2D eigenvalue weighted by Gasteiger charge is -2.14. The van der Waals surface area contributed by atoms with E-state index in [2.05, 4.69) is 26.2 Å². The van der Waals surface area contributed by atoms with E-state index in [-0.39, 0.29) is 17.8 Å². The summed E-state index contributed by atoms with van der Waals surface area (Å²) >= 11 is 9.58. The van der Waals surface area contributed by atoms with Gasteiger partial charge in [0.1, 0.15) is 12.4 Å². The van der Waals surface area contributed by atoms with Crippen molar-refractivity contribution in [3.8, 4) is 11.3 Å². The molecular weight excluding hydrogens is 485 g/mol. The van der Waals surface area contributed by atoms with Crippen LogP contribution in [0.3, 0.4) is 0 Å². The molecule has 156 valence electrons. The summed E-state index contributed by atoms with van der Waals surface area (Å²) in [5.41, 5.74) is 1.77. The zero-order valence-corrected chi connectivity index (χ0v) is 18.7. The van der Waals surface area contributed by atoms with Crippen LogP contribution in [0, 0.1) is 12.7 Å². The number of halogens is 3. The van der Waals surface area contributed by atoms with Gasteiger partial charge in [-0.15, -0.1) is 0 Å². The van der Waals surface area contributed by atoms with E-state index in [0.717, 1.165) is 10.0 Å². The second-order valence-electron chi connectivity index (χ2n) is 7.00. The standard InChI is InChI=1S/C23H16BrClFN3O2/c1-13-6-8-19(17(24)10-13)27-21(30)12-29-20-9-7-14(25)11-16(20)22(28-23(29)31)15-4-2-3-5-18(15)26/h2-11H,12H2,1H3,(H,27,30). The van der Waals surface area contributed by atoms with Gasteiger partial charge in [-0.05, 0) is 70.9 Å². The predicted molar refractivity (Wildman–Crippen MR) is 124 cm³/mol. The van der Waals surface area contributed by atoms with Gasteiger partial charge in [-0.25, -0.2) is 9.18 Å². The van der Waals surface area contributed by atoms with E-state index < -0.39 is 17.4 Å². The summed E-state index contributed by atoms with van der Waals surface area (Å²) in [5.74, 6) is -0.904. The highest BCUT2D eigenvalue weighted by molar-refractivity contribution is 9.10. The van der Waals surface area contributed by atoms with E-state index >= 15 is 0 Å². The van der Waals surface area contributed by atoms with Crippen molar-refractivity contribution in [3.63, 3.8) is 0 Å². The summed E-state index contributed by atoms with van der Waals surface area (Å²) in [7, 11) is 0. The van der Waals surface area contributed by atoms with E-state index in [1.54, 1.807) is 42.5 Å². The molecule has 5 nitrogen and oxygen atoms in total. The third-order valence-electron chi connectivity index (χ3n) is 4.77. The Hall–Kier alpha value is -3.03. The fourth-order valence-electron chi connectivity index (χ4n) is 3.32. The minimum absolute atomic E-state index is 0.179. The summed E-state index contributed by atoms with van der Waals surface area (Å²) in [4.78, 5) is 29.6. The van der Waals surface area contributed by atoms with Crippen LogP contribution in [0.1, 0.15) is 5.56 Å². The first kappa shape index (κ1) is 21.2. The Morgan fingerprint density at radius 2 is 1.94 bits per heavy atom. The molecule has 0 fully saturated rings. The molecule has 0 aliphatic rings. The molecule has 0 aliphatic carbocycles. The molecule has 4 aromatic rings. The van der Waals surface area contributed by atoms with Gasteiger partial charge < -0.3 is 5.32 Å². The molecule has 1 N–H and O–H groups in total. The van der Waals surface area contributed by atoms with Gasteiger partial charge in [0.05, 0.1) is 16.9 Å². The van der Waals surface area contributed by atoms with E-state index in [1.165, 1.54) is 10.6 Å². The fourth-order valence-corrected chi connectivity index (χ4v) is 4.08. The van der Waals surface area contributed by atoms with Crippen LogP contribution in [0.4, 0.5) is 10.1 Å². The van der Waals surface area contributed by atoms with Crippen LogP contribution in [0.2, 0.25) is 5.02 Å². The predicted octanol–water partition coefficient (Wildman–Crippen LogP) is 5.57. The van der Waals surface area contributed by atoms with Gasteiger partial charge in [0, 0.05) is 20.4 Å². The molecule has 0 saturated heterocycles. The third kappa shape index (κ3) is 4.38. The van der Waals surface area contributed by atoms with E-state index in [0.29, 0.717) is 21.6 Å². The molecule has 4 rings (SSSR count). The topological polar surface area (TPSA) is 64.0 Å². The van der Waals surface area contributed by atoms with E-state index in [1.807, 2.05) is 19.1 Å². The van der Waals surface area contributed by atoms with Crippen molar-refractivity contribution in [2.24, 2.45) is 0 Å². The van der Waals surface area contributed by atoms with Crippen LogP contribution in [0.15, 0.2) is 69.9 Å². The Balaban J connectivity index is 1.78. The number of benzene rings is 3. The lowest BCUT2D eigenvalue weighted by atomic mass is 10.1. The number of fused-ring (bicyclic) bond motifs is 1. The Labute approximate surface area is 190 Å². The van der Waals surface area contributed by atoms with Crippen molar-refractivity contribution in [2.75, 3.05) is 5.32 Å². The first-order valence-corrected chi connectivity index (χ1v) is 10.5. The Morgan fingerprint density at radius 3 is 2.68 bits per heavy atom. The number of aryl methyl sites for hydroxylation is 1. The minimum Gasteiger partial charge on any atom is -0.324 e. The molecule has 1 amide bonds. The summed E-state index contributed by atoms with van der Waals surface area (Å²) in [6.45, 7) is 1.68. The van der Waals surface area contributed by atoms with E-state index in [9.17, 15) is 14.0 Å². The first-order chi connectivity index (χ1) is 14.8. The molecule has 0 saturated carbocycles. The normalized spacial score (nSPS) is 11.0. The van der Waals surface area contributed by atoms with Gasteiger partial charge in [0.25, 0.3) is 0 Å². The number of hydrogen-bond acceptors (Lipinski definition) is 3. The van der Waals surface area contributed by atoms with Crippen LogP contribution in [0.25, 0.3) is 22.2 Å². The maximum absolute atomic E-state index is 14.4. The Kier molecular flexibility index (Phi) is 5.89.